The summed E-state index contributed by atoms with van der Waals surface area (Å²) in [4.78, 5) is 4.50. The fourth-order valence-electron chi connectivity index (χ4n) is 1.32. The summed E-state index contributed by atoms with van der Waals surface area (Å²) < 4.78 is 0. The molecule has 1 aromatic rings. The van der Waals surface area contributed by atoms with Gasteiger partial charge in [-0.3, -0.25) is 5.43 Å². The van der Waals surface area contributed by atoms with Crippen LogP contribution in [-0.4, -0.2) is 11.5 Å². The summed E-state index contributed by atoms with van der Waals surface area (Å²) in [6.45, 7) is 2.12. The Balaban J connectivity index is 2.06. The molecule has 0 unspecified atom stereocenters. The smallest absolute Gasteiger partial charge is 0.210 e. The van der Waals surface area contributed by atoms with Gasteiger partial charge in [0.1, 0.15) is 0 Å². The Labute approximate surface area is 89.6 Å². The first-order chi connectivity index (χ1) is 7.22. The zero-order valence-electron chi connectivity index (χ0n) is 8.83. The number of hydrazine groups is 1. The maximum absolute atomic E-state index is 5.41. The van der Waals surface area contributed by atoms with Crippen LogP contribution in [0.5, 0.6) is 0 Å². The number of benzene rings is 1. The number of rotatable bonds is 2. The number of aliphatic imine (C=N–C) groups is 1. The van der Waals surface area contributed by atoms with E-state index in [1.165, 1.54) is 0 Å². The number of guanidine groups is 1. The molecule has 1 saturated carbocycles. The third-order valence-corrected chi connectivity index (χ3v) is 2.53. The lowest BCUT2D eigenvalue weighted by Crippen LogP contribution is -2.37. The second-order valence-electron chi connectivity index (χ2n) is 4.09. The zero-order valence-corrected chi connectivity index (χ0v) is 8.83. The van der Waals surface area contributed by atoms with Crippen molar-refractivity contribution < 1.29 is 0 Å². The molecule has 0 aromatic heterocycles. The molecular weight excluding hydrogens is 188 g/mol. The fraction of sp³-hybridized carbons (Fsp3) is 0.364. The molecule has 1 aliphatic rings. The Morgan fingerprint density at radius 2 is 2.00 bits per heavy atom. The first-order valence-corrected chi connectivity index (χ1v) is 5.10. The Hall–Kier alpha value is -1.55. The molecule has 0 radical (unpaired) electrons. The number of para-hydroxylation sites is 1. The van der Waals surface area contributed by atoms with E-state index in [0.29, 0.717) is 5.96 Å². The van der Waals surface area contributed by atoms with Crippen LogP contribution in [0.3, 0.4) is 0 Å². The highest BCUT2D eigenvalue weighted by molar-refractivity contribution is 5.93. The number of anilines is 1. The number of nitrogens with zero attached hydrogens (tertiary/aromatic N) is 1. The van der Waals surface area contributed by atoms with E-state index in [0.717, 1.165) is 18.5 Å². The predicted octanol–water partition coefficient (Wildman–Crippen LogP) is 1.47. The van der Waals surface area contributed by atoms with Gasteiger partial charge >= 0.3 is 0 Å². The number of hydrogen-bond acceptors (Lipinski definition) is 2. The van der Waals surface area contributed by atoms with E-state index in [2.05, 4.69) is 22.7 Å². The summed E-state index contributed by atoms with van der Waals surface area (Å²) in [6.07, 6.45) is 2.27. The molecule has 0 heterocycles. The van der Waals surface area contributed by atoms with Gasteiger partial charge in [0.2, 0.25) is 5.96 Å². The first kappa shape index (κ1) is 9.98. The summed E-state index contributed by atoms with van der Waals surface area (Å²) in [5.41, 5.74) is 3.66. The van der Waals surface area contributed by atoms with Gasteiger partial charge < -0.3 is 5.32 Å². The van der Waals surface area contributed by atoms with E-state index in [-0.39, 0.29) is 5.54 Å². The van der Waals surface area contributed by atoms with Crippen molar-refractivity contribution in [3.63, 3.8) is 0 Å². The van der Waals surface area contributed by atoms with Crippen molar-refractivity contribution in [3.8, 4) is 0 Å². The summed E-state index contributed by atoms with van der Waals surface area (Å²) in [5.74, 6) is 6.04. The molecular formula is C11H16N4. The minimum absolute atomic E-state index is 0.0868. The molecule has 4 N–H and O–H groups in total. The van der Waals surface area contributed by atoms with Crippen LogP contribution in [0.4, 0.5) is 5.69 Å². The maximum atomic E-state index is 5.41. The average molecular weight is 204 g/mol. The van der Waals surface area contributed by atoms with Gasteiger partial charge in [-0.05, 0) is 31.9 Å². The molecule has 0 atom stereocenters. The Morgan fingerprint density at radius 1 is 1.33 bits per heavy atom. The van der Waals surface area contributed by atoms with Crippen molar-refractivity contribution in [2.24, 2.45) is 10.8 Å². The minimum Gasteiger partial charge on any atom is -0.325 e. The molecule has 0 bridgehead atoms. The molecule has 15 heavy (non-hydrogen) atoms. The second kappa shape index (κ2) is 3.90. The topological polar surface area (TPSA) is 62.4 Å². The Kier molecular flexibility index (Phi) is 2.60. The largest absolute Gasteiger partial charge is 0.325 e. The number of nitrogens with one attached hydrogen (secondary N) is 2. The lowest BCUT2D eigenvalue weighted by molar-refractivity contribution is 0.753. The van der Waals surface area contributed by atoms with E-state index in [1.54, 1.807) is 0 Å². The molecule has 2 rings (SSSR count). The highest BCUT2D eigenvalue weighted by Gasteiger charge is 2.37. The van der Waals surface area contributed by atoms with Crippen LogP contribution in [0, 0.1) is 0 Å². The highest BCUT2D eigenvalue weighted by Crippen LogP contribution is 2.38. The highest BCUT2D eigenvalue weighted by atomic mass is 15.3. The zero-order chi connectivity index (χ0) is 10.7. The van der Waals surface area contributed by atoms with Crippen molar-refractivity contribution in [1.82, 2.24) is 5.43 Å². The lowest BCUT2D eigenvalue weighted by Gasteiger charge is -2.11. The van der Waals surface area contributed by atoms with E-state index < -0.39 is 0 Å². The molecule has 4 nitrogen and oxygen atoms in total. The second-order valence-corrected chi connectivity index (χ2v) is 4.09. The molecule has 1 aromatic carbocycles. The summed E-state index contributed by atoms with van der Waals surface area (Å²) in [7, 11) is 0. The van der Waals surface area contributed by atoms with Gasteiger partial charge in [0, 0.05) is 5.69 Å². The first-order valence-electron chi connectivity index (χ1n) is 5.10. The monoisotopic (exact) mass is 204 g/mol. The Bertz CT molecular complexity index is 354. The third kappa shape index (κ3) is 2.70. The number of hydrogen-bond donors (Lipinski definition) is 3. The van der Waals surface area contributed by atoms with Crippen LogP contribution < -0.4 is 16.6 Å². The van der Waals surface area contributed by atoms with Crippen molar-refractivity contribution in [3.05, 3.63) is 30.3 Å². The van der Waals surface area contributed by atoms with E-state index >= 15 is 0 Å². The molecule has 0 aliphatic heterocycles. The average Bonchev–Trinajstić information content (AvgIpc) is 2.97. The molecule has 1 aliphatic carbocycles. The summed E-state index contributed by atoms with van der Waals surface area (Å²) in [6, 6.07) is 9.86. The maximum Gasteiger partial charge on any atom is 0.210 e. The quantitative estimate of drug-likeness (QED) is 0.296. The van der Waals surface area contributed by atoms with Crippen LogP contribution in [-0.2, 0) is 0 Å². The van der Waals surface area contributed by atoms with Gasteiger partial charge in [0.25, 0.3) is 0 Å². The van der Waals surface area contributed by atoms with Crippen molar-refractivity contribution in [1.29, 1.82) is 0 Å². The molecule has 1 fully saturated rings. The molecule has 4 heteroatoms. The standard InChI is InChI=1S/C11H16N4/c1-11(7-8-11)14-10(15-12)13-9-5-3-2-4-6-9/h2-6H,7-8,12H2,1H3,(H2,13,14,15). The van der Waals surface area contributed by atoms with Gasteiger partial charge in [-0.25, -0.2) is 10.8 Å². The van der Waals surface area contributed by atoms with Crippen LogP contribution in [0.2, 0.25) is 0 Å². The lowest BCUT2D eigenvalue weighted by atomic mass is 10.3. The van der Waals surface area contributed by atoms with Crippen molar-refractivity contribution in [2.75, 3.05) is 5.32 Å². The van der Waals surface area contributed by atoms with Crippen LogP contribution >= 0.6 is 0 Å². The van der Waals surface area contributed by atoms with Crippen LogP contribution in [0.25, 0.3) is 0 Å². The number of nitrogens with two attached hydrogens (primary N) is 1. The van der Waals surface area contributed by atoms with Crippen LogP contribution in [0.1, 0.15) is 19.8 Å². The van der Waals surface area contributed by atoms with E-state index in [1.807, 2.05) is 30.3 Å². The predicted molar refractivity (Wildman–Crippen MR) is 62.5 cm³/mol. The van der Waals surface area contributed by atoms with Gasteiger partial charge in [-0.15, -0.1) is 0 Å². The molecule has 80 valence electrons. The molecule has 0 amide bonds. The SMILES string of the molecule is CC1(N=C(NN)Nc2ccccc2)CC1. The minimum atomic E-state index is 0.0868. The Morgan fingerprint density at radius 3 is 2.53 bits per heavy atom. The molecule has 0 spiro atoms. The van der Waals surface area contributed by atoms with E-state index in [4.69, 9.17) is 5.84 Å². The van der Waals surface area contributed by atoms with Gasteiger partial charge in [-0.1, -0.05) is 18.2 Å². The van der Waals surface area contributed by atoms with Crippen molar-refractivity contribution in [2.45, 2.75) is 25.3 Å². The van der Waals surface area contributed by atoms with Gasteiger partial charge in [-0.2, -0.15) is 0 Å². The summed E-state index contributed by atoms with van der Waals surface area (Å²) >= 11 is 0. The van der Waals surface area contributed by atoms with E-state index in [9.17, 15) is 0 Å². The third-order valence-electron chi connectivity index (χ3n) is 2.53. The normalized spacial score (nSPS) is 18.4. The fourth-order valence-corrected chi connectivity index (χ4v) is 1.32. The van der Waals surface area contributed by atoms with Crippen LogP contribution in [0.15, 0.2) is 35.3 Å². The van der Waals surface area contributed by atoms with Gasteiger partial charge in [0.15, 0.2) is 0 Å². The van der Waals surface area contributed by atoms with Crippen molar-refractivity contribution >= 4 is 11.6 Å². The summed E-state index contributed by atoms with van der Waals surface area (Å²) in [5, 5.41) is 3.14. The van der Waals surface area contributed by atoms with Gasteiger partial charge in [0.05, 0.1) is 5.54 Å². The molecule has 0 saturated heterocycles.